The molecule has 0 aliphatic rings. The highest BCUT2D eigenvalue weighted by molar-refractivity contribution is 5.78. The van der Waals surface area contributed by atoms with Crippen molar-refractivity contribution in [3.05, 3.63) is 64.4 Å². The predicted octanol–water partition coefficient (Wildman–Crippen LogP) is 3.50. The van der Waals surface area contributed by atoms with Crippen molar-refractivity contribution in [1.82, 2.24) is 9.97 Å². The number of benzene rings is 2. The fraction of sp³-hybridized carbons (Fsp3) is 0.263. The van der Waals surface area contributed by atoms with Crippen LogP contribution in [0.2, 0.25) is 0 Å². The maximum absolute atomic E-state index is 12.1. The van der Waals surface area contributed by atoms with E-state index in [1.165, 1.54) is 0 Å². The highest BCUT2D eigenvalue weighted by Gasteiger charge is 2.11. The molecule has 0 aliphatic heterocycles. The van der Waals surface area contributed by atoms with Gasteiger partial charge in [-0.2, -0.15) is 0 Å². The van der Waals surface area contributed by atoms with E-state index in [-0.39, 0.29) is 11.7 Å². The molecule has 3 rings (SSSR count). The zero-order valence-electron chi connectivity index (χ0n) is 13.9. The molecule has 1 aromatic heterocycles. The number of nitrogens with one attached hydrogen (secondary N) is 2. The molecule has 1 unspecified atom stereocenters. The van der Waals surface area contributed by atoms with Gasteiger partial charge >= 0.3 is 0 Å². The summed E-state index contributed by atoms with van der Waals surface area (Å²) in [5, 5.41) is 3.77. The van der Waals surface area contributed by atoms with Crippen molar-refractivity contribution in [2.45, 2.75) is 26.4 Å². The molecular weight excluding hydrogens is 302 g/mol. The molecule has 2 aromatic carbocycles. The molecule has 5 nitrogen and oxygen atoms in total. The fourth-order valence-electron chi connectivity index (χ4n) is 2.52. The Balaban J connectivity index is 1.72. The van der Waals surface area contributed by atoms with Crippen LogP contribution in [0.15, 0.2) is 53.3 Å². The molecule has 0 fully saturated rings. The summed E-state index contributed by atoms with van der Waals surface area (Å²) in [5.41, 5.74) is 1.64. The molecule has 0 radical (unpaired) electrons. The minimum absolute atomic E-state index is 0.0112. The van der Waals surface area contributed by atoms with Gasteiger partial charge in [0, 0.05) is 0 Å². The quantitative estimate of drug-likeness (QED) is 0.728. The Labute approximate surface area is 140 Å². The summed E-state index contributed by atoms with van der Waals surface area (Å²) < 4.78 is 6.05. The van der Waals surface area contributed by atoms with Gasteiger partial charge in [0.05, 0.1) is 17.4 Å². The van der Waals surface area contributed by atoms with Crippen LogP contribution in [0, 0.1) is 6.92 Å². The van der Waals surface area contributed by atoms with Crippen LogP contribution >= 0.6 is 0 Å². The lowest BCUT2D eigenvalue weighted by Gasteiger charge is -2.19. The third-order valence-electron chi connectivity index (χ3n) is 3.95. The van der Waals surface area contributed by atoms with Gasteiger partial charge in [-0.05, 0) is 37.1 Å². The van der Waals surface area contributed by atoms with E-state index in [2.05, 4.69) is 22.2 Å². The summed E-state index contributed by atoms with van der Waals surface area (Å²) in [4.78, 5) is 19.3. The van der Waals surface area contributed by atoms with Crippen molar-refractivity contribution in [3.8, 4) is 5.75 Å². The molecule has 24 heavy (non-hydrogen) atoms. The number of ether oxygens (including phenoxy) is 1. The number of para-hydroxylation sites is 2. The average Bonchev–Trinajstić information content (AvgIpc) is 2.60. The molecule has 5 heteroatoms. The Morgan fingerprint density at radius 2 is 1.92 bits per heavy atom. The number of fused-ring (bicyclic) bond motifs is 1. The summed E-state index contributed by atoms with van der Waals surface area (Å²) in [7, 11) is 0. The molecule has 0 bridgehead atoms. The van der Waals surface area contributed by atoms with E-state index >= 15 is 0 Å². The first-order chi connectivity index (χ1) is 11.7. The van der Waals surface area contributed by atoms with Crippen molar-refractivity contribution < 1.29 is 4.74 Å². The smallest absolute Gasteiger partial charge is 0.260 e. The Kier molecular flexibility index (Phi) is 4.79. The van der Waals surface area contributed by atoms with E-state index in [0.29, 0.717) is 23.4 Å². The molecule has 124 valence electrons. The van der Waals surface area contributed by atoms with Crippen molar-refractivity contribution in [2.75, 3.05) is 11.9 Å². The summed E-state index contributed by atoms with van der Waals surface area (Å²) in [6.07, 6.45) is 0.835. The maximum atomic E-state index is 12.1. The molecule has 0 saturated carbocycles. The highest BCUT2D eigenvalue weighted by atomic mass is 16.5. The van der Waals surface area contributed by atoms with E-state index in [9.17, 15) is 4.79 Å². The van der Waals surface area contributed by atoms with Gasteiger partial charge in [-0.3, -0.25) is 9.78 Å². The number of aromatic amines is 1. The Morgan fingerprint density at radius 1 is 1.17 bits per heavy atom. The summed E-state index contributed by atoms with van der Waals surface area (Å²) >= 11 is 0. The molecule has 0 saturated heterocycles. The Hall–Kier alpha value is -2.82. The lowest BCUT2D eigenvalue weighted by Crippen LogP contribution is -2.27. The third-order valence-corrected chi connectivity index (χ3v) is 3.95. The van der Waals surface area contributed by atoms with Crippen LogP contribution in [0.5, 0.6) is 5.75 Å². The van der Waals surface area contributed by atoms with Gasteiger partial charge < -0.3 is 10.1 Å². The lowest BCUT2D eigenvalue weighted by molar-refractivity contribution is 0.208. The molecule has 1 atom stereocenters. The van der Waals surface area contributed by atoms with E-state index in [0.717, 1.165) is 17.7 Å². The molecule has 0 amide bonds. The van der Waals surface area contributed by atoms with Crippen molar-refractivity contribution in [2.24, 2.45) is 0 Å². The Bertz CT molecular complexity index is 889. The van der Waals surface area contributed by atoms with Crippen molar-refractivity contribution in [3.63, 3.8) is 0 Å². The minimum atomic E-state index is -0.143. The third kappa shape index (κ3) is 3.56. The molecular formula is C19H21N3O2. The number of hydrogen-bond acceptors (Lipinski definition) is 4. The second kappa shape index (κ2) is 7.17. The number of H-pyrrole nitrogens is 1. The van der Waals surface area contributed by atoms with Crippen LogP contribution < -0.4 is 15.6 Å². The minimum Gasteiger partial charge on any atom is -0.488 e. The van der Waals surface area contributed by atoms with Crippen LogP contribution in [-0.4, -0.2) is 22.6 Å². The van der Waals surface area contributed by atoms with E-state index in [1.807, 2.05) is 49.4 Å². The first-order valence-corrected chi connectivity index (χ1v) is 8.12. The topological polar surface area (TPSA) is 67.0 Å². The highest BCUT2D eigenvalue weighted by Crippen LogP contribution is 2.19. The van der Waals surface area contributed by atoms with Gasteiger partial charge in [0.15, 0.2) is 0 Å². The zero-order chi connectivity index (χ0) is 16.9. The van der Waals surface area contributed by atoms with Gasteiger partial charge in [0.25, 0.3) is 5.56 Å². The first-order valence-electron chi connectivity index (χ1n) is 8.12. The van der Waals surface area contributed by atoms with Crippen molar-refractivity contribution in [1.29, 1.82) is 0 Å². The van der Waals surface area contributed by atoms with E-state index < -0.39 is 0 Å². The lowest BCUT2D eigenvalue weighted by atomic mass is 10.2. The number of hydrogen-bond donors (Lipinski definition) is 2. The predicted molar refractivity (Wildman–Crippen MR) is 96.7 cm³/mol. The maximum Gasteiger partial charge on any atom is 0.260 e. The monoisotopic (exact) mass is 323 g/mol. The second-order valence-corrected chi connectivity index (χ2v) is 5.73. The van der Waals surface area contributed by atoms with Crippen LogP contribution in [-0.2, 0) is 0 Å². The summed E-state index contributed by atoms with van der Waals surface area (Å²) in [5.74, 6) is 1.34. The Morgan fingerprint density at radius 3 is 2.71 bits per heavy atom. The van der Waals surface area contributed by atoms with Gasteiger partial charge in [0.1, 0.15) is 11.9 Å². The van der Waals surface area contributed by atoms with Gasteiger partial charge in [-0.25, -0.2) is 4.98 Å². The average molecular weight is 323 g/mol. The second-order valence-electron chi connectivity index (χ2n) is 5.73. The summed E-state index contributed by atoms with van der Waals surface area (Å²) in [6.45, 7) is 4.66. The molecule has 0 aliphatic carbocycles. The number of anilines is 1. The zero-order valence-corrected chi connectivity index (χ0v) is 13.9. The van der Waals surface area contributed by atoms with Crippen LogP contribution in [0.1, 0.15) is 18.9 Å². The molecule has 0 spiro atoms. The largest absolute Gasteiger partial charge is 0.488 e. The first kappa shape index (κ1) is 16.1. The number of aromatic nitrogens is 2. The molecule has 2 N–H and O–H groups in total. The van der Waals surface area contributed by atoms with Gasteiger partial charge in [-0.1, -0.05) is 37.3 Å². The number of nitrogens with zero attached hydrogens (tertiary/aromatic N) is 1. The summed E-state index contributed by atoms with van der Waals surface area (Å²) in [6, 6.07) is 15.2. The molecule has 1 heterocycles. The van der Waals surface area contributed by atoms with Gasteiger partial charge in [0.2, 0.25) is 5.95 Å². The van der Waals surface area contributed by atoms with Crippen LogP contribution in [0.3, 0.4) is 0 Å². The van der Waals surface area contributed by atoms with Gasteiger partial charge in [-0.15, -0.1) is 0 Å². The fourth-order valence-corrected chi connectivity index (χ4v) is 2.52. The number of rotatable bonds is 6. The molecule has 3 aromatic rings. The normalized spacial score (nSPS) is 12.1. The van der Waals surface area contributed by atoms with Crippen LogP contribution in [0.4, 0.5) is 5.95 Å². The SMILES string of the molecule is CCC(CNc1nc2ccccc2c(=O)[nH]1)Oc1ccccc1C. The van der Waals surface area contributed by atoms with E-state index in [4.69, 9.17) is 4.74 Å². The number of aryl methyl sites for hydroxylation is 1. The van der Waals surface area contributed by atoms with Crippen molar-refractivity contribution >= 4 is 16.9 Å². The van der Waals surface area contributed by atoms with Crippen LogP contribution in [0.25, 0.3) is 10.9 Å². The standard InChI is InChI=1S/C19H21N3O2/c1-3-14(24-17-11-7-4-8-13(17)2)12-20-19-21-16-10-6-5-9-15(16)18(23)22-19/h4-11,14H,3,12H2,1-2H3,(H2,20,21,22,23). The van der Waals surface area contributed by atoms with E-state index in [1.54, 1.807) is 6.07 Å².